The first-order chi connectivity index (χ1) is 12.3. The van der Waals surface area contributed by atoms with Gasteiger partial charge in [-0.25, -0.2) is 4.98 Å². The Hall–Kier alpha value is -3.15. The molecule has 6 nitrogen and oxygen atoms in total. The van der Waals surface area contributed by atoms with Gasteiger partial charge >= 0.3 is 0 Å². The Morgan fingerprint density at radius 3 is 2.88 bits per heavy atom. The quantitative estimate of drug-likeness (QED) is 0.752. The molecular formula is C19H19N5O. The van der Waals surface area contributed by atoms with Crippen molar-refractivity contribution in [2.75, 3.05) is 16.8 Å². The van der Waals surface area contributed by atoms with Crippen molar-refractivity contribution in [3.63, 3.8) is 0 Å². The summed E-state index contributed by atoms with van der Waals surface area (Å²) in [6.07, 6.45) is 8.67. The molecule has 6 heteroatoms. The van der Waals surface area contributed by atoms with Crippen LogP contribution in [0.2, 0.25) is 0 Å². The van der Waals surface area contributed by atoms with Gasteiger partial charge in [-0.2, -0.15) is 0 Å². The molecule has 0 bridgehead atoms. The number of aromatic amines is 1. The molecule has 1 atom stereocenters. The zero-order chi connectivity index (χ0) is 17.1. The van der Waals surface area contributed by atoms with E-state index in [4.69, 9.17) is 0 Å². The molecule has 1 aromatic carbocycles. The SMILES string of the molecule is O=C1CCCN1c1cccc(NC(c2cccnc2)c2ncc[nH]2)c1. The minimum atomic E-state index is -0.145. The van der Waals surface area contributed by atoms with Gasteiger partial charge in [0.15, 0.2) is 0 Å². The van der Waals surface area contributed by atoms with E-state index in [1.165, 1.54) is 0 Å². The van der Waals surface area contributed by atoms with Crippen molar-refractivity contribution in [3.05, 3.63) is 72.6 Å². The Labute approximate surface area is 145 Å². The number of carbonyl (C=O) groups excluding carboxylic acids is 1. The first kappa shape index (κ1) is 15.4. The lowest BCUT2D eigenvalue weighted by atomic mass is 10.1. The van der Waals surface area contributed by atoms with E-state index in [2.05, 4.69) is 20.3 Å². The number of benzene rings is 1. The second-order valence-corrected chi connectivity index (χ2v) is 6.04. The fourth-order valence-corrected chi connectivity index (χ4v) is 3.14. The molecule has 1 saturated heterocycles. The standard InChI is InChI=1S/C19H19N5O/c25-17-7-3-11-24(17)16-6-1-5-15(12-16)23-18(19-21-9-10-22-19)14-4-2-8-20-13-14/h1-2,4-6,8-10,12-13,18,23H,3,7,11H2,(H,21,22). The molecule has 0 aliphatic carbocycles. The molecule has 1 unspecified atom stereocenters. The van der Waals surface area contributed by atoms with Crippen LogP contribution in [-0.4, -0.2) is 27.4 Å². The van der Waals surface area contributed by atoms with Crippen LogP contribution in [0.5, 0.6) is 0 Å². The predicted octanol–water partition coefficient (Wildman–Crippen LogP) is 3.13. The third kappa shape index (κ3) is 3.24. The number of hydrogen-bond donors (Lipinski definition) is 2. The average molecular weight is 333 g/mol. The normalized spacial score (nSPS) is 15.4. The molecular weight excluding hydrogens is 314 g/mol. The van der Waals surface area contributed by atoms with E-state index >= 15 is 0 Å². The molecule has 25 heavy (non-hydrogen) atoms. The molecule has 0 spiro atoms. The first-order valence-electron chi connectivity index (χ1n) is 8.37. The van der Waals surface area contributed by atoms with Crippen LogP contribution in [0.4, 0.5) is 11.4 Å². The molecule has 4 rings (SSSR count). The van der Waals surface area contributed by atoms with Gasteiger partial charge in [0.25, 0.3) is 0 Å². The molecule has 1 fully saturated rings. The van der Waals surface area contributed by atoms with E-state index < -0.39 is 0 Å². The lowest BCUT2D eigenvalue weighted by Gasteiger charge is -2.21. The molecule has 0 radical (unpaired) electrons. The number of nitrogens with one attached hydrogen (secondary N) is 2. The minimum absolute atomic E-state index is 0.145. The van der Waals surface area contributed by atoms with E-state index in [0.717, 1.165) is 35.7 Å². The number of hydrogen-bond acceptors (Lipinski definition) is 4. The molecule has 126 valence electrons. The van der Waals surface area contributed by atoms with Crippen LogP contribution in [-0.2, 0) is 4.79 Å². The Morgan fingerprint density at radius 1 is 1.20 bits per heavy atom. The van der Waals surface area contributed by atoms with Gasteiger partial charge < -0.3 is 15.2 Å². The number of anilines is 2. The molecule has 0 saturated carbocycles. The lowest BCUT2D eigenvalue weighted by molar-refractivity contribution is -0.117. The van der Waals surface area contributed by atoms with Crippen molar-refractivity contribution in [1.82, 2.24) is 15.0 Å². The zero-order valence-corrected chi connectivity index (χ0v) is 13.7. The molecule has 1 aliphatic heterocycles. The van der Waals surface area contributed by atoms with Crippen LogP contribution >= 0.6 is 0 Å². The Morgan fingerprint density at radius 2 is 2.16 bits per heavy atom. The van der Waals surface area contributed by atoms with Crippen molar-refractivity contribution < 1.29 is 4.79 Å². The summed E-state index contributed by atoms with van der Waals surface area (Å²) >= 11 is 0. The van der Waals surface area contributed by atoms with Crippen LogP contribution in [0, 0.1) is 0 Å². The van der Waals surface area contributed by atoms with Crippen molar-refractivity contribution in [3.8, 4) is 0 Å². The van der Waals surface area contributed by atoms with Crippen LogP contribution in [0.25, 0.3) is 0 Å². The Balaban J connectivity index is 1.63. The third-order valence-corrected chi connectivity index (χ3v) is 4.35. The van der Waals surface area contributed by atoms with Gasteiger partial charge in [-0.15, -0.1) is 0 Å². The summed E-state index contributed by atoms with van der Waals surface area (Å²) in [6.45, 7) is 0.784. The fourth-order valence-electron chi connectivity index (χ4n) is 3.14. The maximum Gasteiger partial charge on any atom is 0.227 e. The van der Waals surface area contributed by atoms with E-state index in [9.17, 15) is 4.79 Å². The summed E-state index contributed by atoms with van der Waals surface area (Å²) in [4.78, 5) is 25.6. The first-order valence-corrected chi connectivity index (χ1v) is 8.37. The van der Waals surface area contributed by atoms with Gasteiger partial charge in [0.1, 0.15) is 11.9 Å². The number of aromatic nitrogens is 3. The summed E-state index contributed by atoms with van der Waals surface area (Å²) in [5, 5.41) is 3.50. The average Bonchev–Trinajstić information content (AvgIpc) is 3.32. The van der Waals surface area contributed by atoms with Crippen molar-refractivity contribution in [2.24, 2.45) is 0 Å². The van der Waals surface area contributed by atoms with Gasteiger partial charge in [-0.05, 0) is 30.7 Å². The van der Waals surface area contributed by atoms with Crippen molar-refractivity contribution in [1.29, 1.82) is 0 Å². The summed E-state index contributed by atoms with van der Waals surface area (Å²) < 4.78 is 0. The number of imidazole rings is 1. The molecule has 1 aliphatic rings. The number of amides is 1. The summed E-state index contributed by atoms with van der Waals surface area (Å²) in [5.74, 6) is 1.00. The van der Waals surface area contributed by atoms with Crippen LogP contribution in [0.15, 0.2) is 61.2 Å². The predicted molar refractivity (Wildman–Crippen MR) is 96.3 cm³/mol. The summed E-state index contributed by atoms with van der Waals surface area (Å²) in [7, 11) is 0. The summed E-state index contributed by atoms with van der Waals surface area (Å²) in [5.41, 5.74) is 2.87. The number of nitrogens with zero attached hydrogens (tertiary/aromatic N) is 3. The van der Waals surface area contributed by atoms with E-state index in [-0.39, 0.29) is 11.9 Å². The zero-order valence-electron chi connectivity index (χ0n) is 13.7. The Kier molecular flexibility index (Phi) is 4.16. The smallest absolute Gasteiger partial charge is 0.227 e. The minimum Gasteiger partial charge on any atom is -0.371 e. The topological polar surface area (TPSA) is 73.9 Å². The van der Waals surface area contributed by atoms with E-state index in [1.54, 1.807) is 18.6 Å². The summed E-state index contributed by atoms with van der Waals surface area (Å²) in [6, 6.07) is 11.7. The highest BCUT2D eigenvalue weighted by Crippen LogP contribution is 2.28. The lowest BCUT2D eigenvalue weighted by Crippen LogP contribution is -2.23. The fraction of sp³-hybridized carbons (Fsp3) is 0.211. The van der Waals surface area contributed by atoms with E-state index in [1.807, 2.05) is 47.5 Å². The largest absolute Gasteiger partial charge is 0.371 e. The number of H-pyrrole nitrogens is 1. The van der Waals surface area contributed by atoms with Gasteiger partial charge in [0.05, 0.1) is 0 Å². The van der Waals surface area contributed by atoms with Crippen molar-refractivity contribution >= 4 is 17.3 Å². The molecule has 2 aromatic heterocycles. The van der Waals surface area contributed by atoms with Crippen molar-refractivity contribution in [2.45, 2.75) is 18.9 Å². The van der Waals surface area contributed by atoms with Gasteiger partial charge in [0.2, 0.25) is 5.91 Å². The third-order valence-electron chi connectivity index (χ3n) is 4.35. The molecule has 2 N–H and O–H groups in total. The monoisotopic (exact) mass is 333 g/mol. The van der Waals surface area contributed by atoms with Gasteiger partial charge in [-0.3, -0.25) is 9.78 Å². The highest BCUT2D eigenvalue weighted by molar-refractivity contribution is 5.95. The van der Waals surface area contributed by atoms with Crippen LogP contribution in [0.1, 0.15) is 30.3 Å². The highest BCUT2D eigenvalue weighted by atomic mass is 16.2. The van der Waals surface area contributed by atoms with Gasteiger partial charge in [-0.1, -0.05) is 12.1 Å². The second-order valence-electron chi connectivity index (χ2n) is 6.04. The maximum atomic E-state index is 12.0. The molecule has 3 heterocycles. The number of rotatable bonds is 5. The van der Waals surface area contributed by atoms with Crippen LogP contribution < -0.4 is 10.2 Å². The number of pyridine rings is 1. The van der Waals surface area contributed by atoms with Crippen LogP contribution in [0.3, 0.4) is 0 Å². The molecule has 1 amide bonds. The Bertz CT molecular complexity index is 847. The number of carbonyl (C=O) groups is 1. The maximum absolute atomic E-state index is 12.0. The second kappa shape index (κ2) is 6.76. The molecule has 3 aromatic rings. The van der Waals surface area contributed by atoms with Gasteiger partial charge in [0, 0.05) is 54.7 Å². The highest BCUT2D eigenvalue weighted by Gasteiger charge is 2.22. The van der Waals surface area contributed by atoms with E-state index in [0.29, 0.717) is 6.42 Å².